The lowest BCUT2D eigenvalue weighted by molar-refractivity contribution is 0.102. The average molecular weight is 485 g/mol. The van der Waals surface area contributed by atoms with Crippen LogP contribution in [0, 0.1) is 6.92 Å². The van der Waals surface area contributed by atoms with Crippen molar-refractivity contribution in [3.8, 4) is 5.88 Å². The lowest BCUT2D eigenvalue weighted by Gasteiger charge is -2.23. The molecule has 2 aromatic heterocycles. The van der Waals surface area contributed by atoms with Crippen LogP contribution in [0.4, 0.5) is 17.1 Å². The van der Waals surface area contributed by atoms with Crippen molar-refractivity contribution in [2.45, 2.75) is 45.6 Å². The Bertz CT molecular complexity index is 1370. The molecule has 186 valence electrons. The molecule has 1 amide bonds. The second-order valence-electron chi connectivity index (χ2n) is 9.58. The van der Waals surface area contributed by atoms with Gasteiger partial charge >= 0.3 is 0 Å². The second-order valence-corrected chi connectivity index (χ2v) is 9.58. The summed E-state index contributed by atoms with van der Waals surface area (Å²) in [6, 6.07) is 15.4. The number of H-pyrrole nitrogens is 1. The maximum Gasteiger partial charge on any atom is 0.255 e. The van der Waals surface area contributed by atoms with Gasteiger partial charge in [-0.05, 0) is 79.8 Å². The number of anilines is 3. The van der Waals surface area contributed by atoms with Crippen LogP contribution in [0.5, 0.6) is 5.88 Å². The van der Waals surface area contributed by atoms with Gasteiger partial charge in [-0.3, -0.25) is 9.89 Å². The molecular weight excluding hydrogens is 452 g/mol. The smallest absolute Gasteiger partial charge is 0.255 e. The van der Waals surface area contributed by atoms with E-state index in [9.17, 15) is 4.79 Å². The molecule has 1 aliphatic heterocycles. The molecule has 1 unspecified atom stereocenters. The predicted octanol–water partition coefficient (Wildman–Crippen LogP) is 5.52. The minimum absolute atomic E-state index is 0.0728. The molecule has 0 aliphatic carbocycles. The van der Waals surface area contributed by atoms with Crippen LogP contribution in [0.2, 0.25) is 0 Å². The highest BCUT2D eigenvalue weighted by atomic mass is 16.5. The van der Waals surface area contributed by atoms with E-state index in [2.05, 4.69) is 58.0 Å². The summed E-state index contributed by atoms with van der Waals surface area (Å²) in [5.74, 6) is 0.813. The number of hydrogen-bond donors (Lipinski definition) is 4. The van der Waals surface area contributed by atoms with E-state index in [0.717, 1.165) is 48.4 Å². The monoisotopic (exact) mass is 484 g/mol. The molecule has 1 aliphatic rings. The van der Waals surface area contributed by atoms with Crippen LogP contribution in [-0.2, 0) is 0 Å². The van der Waals surface area contributed by atoms with Crippen LogP contribution in [0.3, 0.4) is 0 Å². The number of ether oxygens (including phenoxy) is 1. The van der Waals surface area contributed by atoms with Gasteiger partial charge < -0.3 is 20.7 Å². The van der Waals surface area contributed by atoms with Gasteiger partial charge in [0.2, 0.25) is 5.88 Å². The summed E-state index contributed by atoms with van der Waals surface area (Å²) in [5, 5.41) is 17.9. The molecule has 0 spiro atoms. The molecule has 4 N–H and O–H groups in total. The van der Waals surface area contributed by atoms with Crippen molar-refractivity contribution in [3.05, 3.63) is 71.4 Å². The fourth-order valence-electron chi connectivity index (χ4n) is 4.69. The topological polar surface area (TPSA) is 104 Å². The number of amides is 1. The van der Waals surface area contributed by atoms with Gasteiger partial charge in [-0.1, -0.05) is 26.0 Å². The number of rotatable bonds is 7. The molecule has 2 aromatic carbocycles. The van der Waals surface area contributed by atoms with Crippen molar-refractivity contribution in [2.75, 3.05) is 23.7 Å². The van der Waals surface area contributed by atoms with E-state index < -0.39 is 0 Å². The zero-order chi connectivity index (χ0) is 25.1. The highest BCUT2D eigenvalue weighted by Crippen LogP contribution is 2.32. The first-order valence-electron chi connectivity index (χ1n) is 12.5. The molecule has 0 bridgehead atoms. The lowest BCUT2D eigenvalue weighted by Crippen LogP contribution is -2.37. The fourth-order valence-corrected chi connectivity index (χ4v) is 4.69. The maximum absolute atomic E-state index is 13.0. The number of carbonyl (C=O) groups excluding carboxylic acids is 1. The number of nitrogens with one attached hydrogen (secondary N) is 4. The molecule has 8 heteroatoms. The van der Waals surface area contributed by atoms with Gasteiger partial charge in [-0.2, -0.15) is 0 Å². The van der Waals surface area contributed by atoms with Gasteiger partial charge in [0.15, 0.2) is 5.65 Å². The largest absolute Gasteiger partial charge is 0.471 e. The van der Waals surface area contributed by atoms with E-state index in [1.54, 1.807) is 12.3 Å². The quantitative estimate of drug-likeness (QED) is 0.276. The molecule has 36 heavy (non-hydrogen) atoms. The van der Waals surface area contributed by atoms with Crippen molar-refractivity contribution < 1.29 is 9.53 Å². The van der Waals surface area contributed by atoms with Crippen LogP contribution >= 0.6 is 0 Å². The molecule has 1 fully saturated rings. The van der Waals surface area contributed by atoms with Gasteiger partial charge in [-0.25, -0.2) is 4.98 Å². The Hall–Kier alpha value is -3.91. The predicted molar refractivity (Wildman–Crippen MR) is 143 cm³/mol. The molecule has 1 atom stereocenters. The number of piperidine rings is 1. The standard InChI is InChI=1S/C28H32N6O2/c1-17(2)23-10-9-21(14-18(23)3)32-27(35)19-6-4-7-20(15-19)31-24-11-13-30-26-25(24)28(34-33-26)36-22-8-5-12-29-16-22/h4,6-7,9-11,13-15,17,22,29H,5,8,12,16H2,1-3H3,(H,32,35)(H2,30,31,33,34). The number of benzene rings is 2. The van der Waals surface area contributed by atoms with E-state index in [0.29, 0.717) is 23.0 Å². The zero-order valence-electron chi connectivity index (χ0n) is 20.9. The first-order chi connectivity index (χ1) is 17.5. The van der Waals surface area contributed by atoms with E-state index in [1.807, 2.05) is 36.4 Å². The van der Waals surface area contributed by atoms with Crippen molar-refractivity contribution in [1.82, 2.24) is 20.5 Å². The first-order valence-corrected chi connectivity index (χ1v) is 12.5. The Kier molecular flexibility index (Phi) is 6.86. The first kappa shape index (κ1) is 23.8. The number of nitrogens with zero attached hydrogens (tertiary/aromatic N) is 2. The van der Waals surface area contributed by atoms with Crippen LogP contribution in [0.15, 0.2) is 54.7 Å². The number of aromatic amines is 1. The fraction of sp³-hybridized carbons (Fsp3) is 0.321. The maximum atomic E-state index is 13.0. The summed E-state index contributed by atoms with van der Waals surface area (Å²) in [6.45, 7) is 8.23. The third kappa shape index (κ3) is 5.18. The summed E-state index contributed by atoms with van der Waals surface area (Å²) in [6.07, 6.45) is 3.85. The summed E-state index contributed by atoms with van der Waals surface area (Å²) >= 11 is 0. The molecule has 1 saturated heterocycles. The van der Waals surface area contributed by atoms with Crippen LogP contribution < -0.4 is 20.7 Å². The molecule has 0 saturated carbocycles. The molecule has 4 aromatic rings. The normalized spacial score (nSPS) is 15.7. The number of hydrogen-bond acceptors (Lipinski definition) is 6. The van der Waals surface area contributed by atoms with E-state index in [-0.39, 0.29) is 12.0 Å². The highest BCUT2D eigenvalue weighted by Gasteiger charge is 2.20. The molecular formula is C28H32N6O2. The highest BCUT2D eigenvalue weighted by molar-refractivity contribution is 6.05. The average Bonchev–Trinajstić information content (AvgIpc) is 3.28. The Balaban J connectivity index is 1.34. The SMILES string of the molecule is Cc1cc(NC(=O)c2cccc(Nc3ccnc4[nH]nc(OC5CCCNC5)c34)c2)ccc1C(C)C. The number of aryl methyl sites for hydroxylation is 1. The summed E-state index contributed by atoms with van der Waals surface area (Å²) in [4.78, 5) is 17.4. The van der Waals surface area contributed by atoms with Crippen molar-refractivity contribution >= 4 is 34.0 Å². The minimum atomic E-state index is -0.160. The van der Waals surface area contributed by atoms with Crippen LogP contribution in [0.25, 0.3) is 11.0 Å². The second kappa shape index (κ2) is 10.4. The number of pyridine rings is 1. The molecule has 8 nitrogen and oxygen atoms in total. The van der Waals surface area contributed by atoms with Gasteiger partial charge in [0.05, 0.1) is 5.69 Å². The van der Waals surface area contributed by atoms with Crippen molar-refractivity contribution in [1.29, 1.82) is 0 Å². The van der Waals surface area contributed by atoms with Gasteiger partial charge in [0.25, 0.3) is 5.91 Å². The van der Waals surface area contributed by atoms with Gasteiger partial charge in [-0.15, -0.1) is 5.10 Å². The third-order valence-corrected chi connectivity index (χ3v) is 6.51. The van der Waals surface area contributed by atoms with Crippen molar-refractivity contribution in [2.24, 2.45) is 0 Å². The van der Waals surface area contributed by atoms with Gasteiger partial charge in [0.1, 0.15) is 11.5 Å². The Morgan fingerprint density at radius 1 is 1.14 bits per heavy atom. The summed E-state index contributed by atoms with van der Waals surface area (Å²) < 4.78 is 6.20. The Morgan fingerprint density at radius 3 is 2.81 bits per heavy atom. The number of aromatic nitrogens is 3. The molecule has 5 rings (SSSR count). The Morgan fingerprint density at radius 2 is 2.03 bits per heavy atom. The van der Waals surface area contributed by atoms with E-state index >= 15 is 0 Å². The van der Waals surface area contributed by atoms with E-state index in [1.165, 1.54) is 11.1 Å². The van der Waals surface area contributed by atoms with E-state index in [4.69, 9.17) is 4.74 Å². The summed E-state index contributed by atoms with van der Waals surface area (Å²) in [7, 11) is 0. The summed E-state index contributed by atoms with van der Waals surface area (Å²) in [5.41, 5.74) is 6.04. The molecule has 3 heterocycles. The Labute approximate surface area is 210 Å². The van der Waals surface area contributed by atoms with Gasteiger partial charge in [0, 0.05) is 29.7 Å². The van der Waals surface area contributed by atoms with Crippen LogP contribution in [0.1, 0.15) is 54.1 Å². The lowest BCUT2D eigenvalue weighted by atomic mass is 9.97. The third-order valence-electron chi connectivity index (χ3n) is 6.51. The van der Waals surface area contributed by atoms with Crippen molar-refractivity contribution in [3.63, 3.8) is 0 Å². The zero-order valence-corrected chi connectivity index (χ0v) is 20.9. The minimum Gasteiger partial charge on any atom is -0.471 e. The number of carbonyl (C=O) groups is 1. The van der Waals surface area contributed by atoms with Crippen LogP contribution in [-0.4, -0.2) is 40.3 Å². The number of fused-ring (bicyclic) bond motifs is 1. The molecule has 0 radical (unpaired) electrons.